The monoisotopic (exact) mass is 242 g/mol. The Balaban J connectivity index is 2.05. The summed E-state index contributed by atoms with van der Waals surface area (Å²) < 4.78 is 0. The minimum Gasteiger partial charge on any atom is -0.396 e. The largest absolute Gasteiger partial charge is 0.396 e. The lowest BCUT2D eigenvalue weighted by Gasteiger charge is -2.39. The smallest absolute Gasteiger partial charge is 0.105 e. The molecule has 3 N–H and O–H groups in total. The standard InChI is InChI=1S/C15H18N2O/c1-15(9-4-10-18)16-12-7-2-5-11-6-3-8-13(17-15)14(11)12/h2-3,5-8,16-18H,4,9-10H2,1H3. The van der Waals surface area contributed by atoms with Crippen molar-refractivity contribution < 1.29 is 5.11 Å². The third-order valence-corrected chi connectivity index (χ3v) is 3.56. The number of aliphatic hydroxyl groups excluding tert-OH is 1. The second-order valence-electron chi connectivity index (χ2n) is 5.12. The van der Waals surface area contributed by atoms with E-state index in [0.29, 0.717) is 0 Å². The summed E-state index contributed by atoms with van der Waals surface area (Å²) in [6.45, 7) is 2.36. The molecule has 1 heterocycles. The molecule has 0 radical (unpaired) electrons. The summed E-state index contributed by atoms with van der Waals surface area (Å²) in [4.78, 5) is 0. The molecule has 2 aromatic rings. The quantitative estimate of drug-likeness (QED) is 0.774. The molecule has 2 aromatic carbocycles. The second-order valence-corrected chi connectivity index (χ2v) is 5.12. The summed E-state index contributed by atoms with van der Waals surface area (Å²) >= 11 is 0. The van der Waals surface area contributed by atoms with Crippen LogP contribution in [0, 0.1) is 0 Å². The van der Waals surface area contributed by atoms with E-state index in [-0.39, 0.29) is 12.3 Å². The van der Waals surface area contributed by atoms with Crippen molar-refractivity contribution >= 4 is 22.1 Å². The molecule has 0 amide bonds. The first-order valence-electron chi connectivity index (χ1n) is 6.41. The molecule has 0 unspecified atom stereocenters. The number of rotatable bonds is 3. The first-order chi connectivity index (χ1) is 8.72. The summed E-state index contributed by atoms with van der Waals surface area (Å²) in [6.07, 6.45) is 1.67. The Morgan fingerprint density at radius 1 is 1.06 bits per heavy atom. The zero-order chi connectivity index (χ0) is 12.6. The van der Waals surface area contributed by atoms with Gasteiger partial charge in [-0.05, 0) is 37.3 Å². The summed E-state index contributed by atoms with van der Waals surface area (Å²) in [7, 11) is 0. The highest BCUT2D eigenvalue weighted by atomic mass is 16.2. The van der Waals surface area contributed by atoms with Gasteiger partial charge in [-0.25, -0.2) is 0 Å². The molecule has 0 bridgehead atoms. The van der Waals surface area contributed by atoms with Gasteiger partial charge in [0.15, 0.2) is 0 Å². The molecule has 0 atom stereocenters. The van der Waals surface area contributed by atoms with Gasteiger partial charge < -0.3 is 15.7 Å². The van der Waals surface area contributed by atoms with E-state index < -0.39 is 0 Å². The molecule has 3 rings (SSSR count). The fraction of sp³-hybridized carbons (Fsp3) is 0.333. The Bertz CT molecular complexity index is 539. The second kappa shape index (κ2) is 4.18. The van der Waals surface area contributed by atoms with E-state index in [4.69, 9.17) is 5.11 Å². The maximum Gasteiger partial charge on any atom is 0.105 e. The van der Waals surface area contributed by atoms with Gasteiger partial charge in [0.25, 0.3) is 0 Å². The van der Waals surface area contributed by atoms with E-state index in [9.17, 15) is 0 Å². The highest BCUT2D eigenvalue weighted by Gasteiger charge is 2.28. The number of hydrogen-bond donors (Lipinski definition) is 3. The van der Waals surface area contributed by atoms with Crippen LogP contribution in [0.5, 0.6) is 0 Å². The van der Waals surface area contributed by atoms with Crippen molar-refractivity contribution in [3.8, 4) is 0 Å². The SMILES string of the molecule is CC1(CCCO)Nc2cccc3cccc(c23)N1. The first kappa shape index (κ1) is 11.4. The van der Waals surface area contributed by atoms with Crippen LogP contribution in [0.4, 0.5) is 11.4 Å². The van der Waals surface area contributed by atoms with Crippen LogP contribution >= 0.6 is 0 Å². The van der Waals surface area contributed by atoms with Crippen LogP contribution in [0.15, 0.2) is 36.4 Å². The van der Waals surface area contributed by atoms with E-state index in [2.05, 4.69) is 54.0 Å². The van der Waals surface area contributed by atoms with Gasteiger partial charge >= 0.3 is 0 Å². The average molecular weight is 242 g/mol. The Labute approximate surface area is 107 Å². The van der Waals surface area contributed by atoms with Gasteiger partial charge in [0.2, 0.25) is 0 Å². The molecule has 0 spiro atoms. The van der Waals surface area contributed by atoms with E-state index in [1.54, 1.807) is 0 Å². The molecule has 0 aromatic heterocycles. The summed E-state index contributed by atoms with van der Waals surface area (Å²) in [5.74, 6) is 0. The number of benzene rings is 2. The van der Waals surface area contributed by atoms with Crippen LogP contribution in [0.25, 0.3) is 10.8 Å². The summed E-state index contributed by atoms with van der Waals surface area (Å²) in [5.41, 5.74) is 2.15. The van der Waals surface area contributed by atoms with Crippen molar-refractivity contribution in [1.82, 2.24) is 0 Å². The Hall–Kier alpha value is -1.74. The van der Waals surface area contributed by atoms with Crippen LogP contribution in [0.1, 0.15) is 19.8 Å². The zero-order valence-electron chi connectivity index (χ0n) is 10.5. The van der Waals surface area contributed by atoms with Crippen molar-refractivity contribution in [1.29, 1.82) is 0 Å². The predicted molar refractivity (Wildman–Crippen MR) is 75.9 cm³/mol. The number of hydrogen-bond acceptors (Lipinski definition) is 3. The molecule has 0 aliphatic carbocycles. The summed E-state index contributed by atoms with van der Waals surface area (Å²) in [5, 5.41) is 18.6. The lowest BCUT2D eigenvalue weighted by atomic mass is 9.97. The van der Waals surface area contributed by atoms with Crippen LogP contribution in [0.3, 0.4) is 0 Å². The van der Waals surface area contributed by atoms with E-state index in [1.165, 1.54) is 22.1 Å². The molecule has 1 aliphatic heterocycles. The highest BCUT2D eigenvalue weighted by Crippen LogP contribution is 2.38. The molecule has 1 aliphatic rings. The molecule has 0 saturated carbocycles. The molecule has 0 fully saturated rings. The topological polar surface area (TPSA) is 44.3 Å². The van der Waals surface area contributed by atoms with Gasteiger partial charge in [0.1, 0.15) is 5.66 Å². The van der Waals surface area contributed by atoms with Gasteiger partial charge in [0, 0.05) is 23.4 Å². The molecular weight excluding hydrogens is 224 g/mol. The van der Waals surface area contributed by atoms with Crippen LogP contribution in [-0.2, 0) is 0 Å². The summed E-state index contributed by atoms with van der Waals surface area (Å²) in [6, 6.07) is 12.6. The molecule has 3 nitrogen and oxygen atoms in total. The molecule has 3 heteroatoms. The van der Waals surface area contributed by atoms with Crippen LogP contribution in [-0.4, -0.2) is 17.4 Å². The molecule has 18 heavy (non-hydrogen) atoms. The van der Waals surface area contributed by atoms with Crippen molar-refractivity contribution in [2.45, 2.75) is 25.4 Å². The van der Waals surface area contributed by atoms with E-state index >= 15 is 0 Å². The van der Waals surface area contributed by atoms with E-state index in [0.717, 1.165) is 12.8 Å². The van der Waals surface area contributed by atoms with Crippen LogP contribution in [0.2, 0.25) is 0 Å². The minimum atomic E-state index is -0.189. The third kappa shape index (κ3) is 1.81. The fourth-order valence-electron chi connectivity index (χ4n) is 2.73. The van der Waals surface area contributed by atoms with Crippen LogP contribution < -0.4 is 10.6 Å². The van der Waals surface area contributed by atoms with Gasteiger partial charge in [-0.1, -0.05) is 24.3 Å². The third-order valence-electron chi connectivity index (χ3n) is 3.56. The Morgan fingerprint density at radius 3 is 2.22 bits per heavy atom. The van der Waals surface area contributed by atoms with E-state index in [1.807, 2.05) is 0 Å². The zero-order valence-corrected chi connectivity index (χ0v) is 10.5. The van der Waals surface area contributed by atoms with Gasteiger partial charge in [0.05, 0.1) is 0 Å². The van der Waals surface area contributed by atoms with Crippen molar-refractivity contribution in [2.24, 2.45) is 0 Å². The van der Waals surface area contributed by atoms with Gasteiger partial charge in [-0.15, -0.1) is 0 Å². The van der Waals surface area contributed by atoms with Crippen molar-refractivity contribution in [2.75, 3.05) is 17.2 Å². The maximum atomic E-state index is 9.00. The lowest BCUT2D eigenvalue weighted by Crippen LogP contribution is -2.45. The average Bonchev–Trinajstić information content (AvgIpc) is 2.37. The predicted octanol–water partition coefficient (Wildman–Crippen LogP) is 3.17. The minimum absolute atomic E-state index is 0.189. The molecule has 0 saturated heterocycles. The van der Waals surface area contributed by atoms with Gasteiger partial charge in [-0.2, -0.15) is 0 Å². The number of anilines is 2. The maximum absolute atomic E-state index is 9.00. The van der Waals surface area contributed by atoms with Crippen molar-refractivity contribution in [3.05, 3.63) is 36.4 Å². The molecular formula is C15H18N2O. The molecule has 94 valence electrons. The highest BCUT2D eigenvalue weighted by molar-refractivity contribution is 6.05. The lowest BCUT2D eigenvalue weighted by molar-refractivity contribution is 0.274. The van der Waals surface area contributed by atoms with Crippen molar-refractivity contribution in [3.63, 3.8) is 0 Å². The fourth-order valence-corrected chi connectivity index (χ4v) is 2.73. The van der Waals surface area contributed by atoms with Gasteiger partial charge in [-0.3, -0.25) is 0 Å². The number of nitrogens with one attached hydrogen (secondary N) is 2. The normalized spacial score (nSPS) is 16.1. The Morgan fingerprint density at radius 2 is 1.67 bits per heavy atom. The number of aliphatic hydroxyl groups is 1. The first-order valence-corrected chi connectivity index (χ1v) is 6.41. The Kier molecular flexibility index (Phi) is 2.63.